The van der Waals surface area contributed by atoms with Gasteiger partial charge in [0, 0.05) is 5.69 Å². The lowest BCUT2D eigenvalue weighted by molar-refractivity contribution is -0.123. The van der Waals surface area contributed by atoms with Gasteiger partial charge in [-0.05, 0) is 79.4 Å². The molecule has 4 bridgehead atoms. The Morgan fingerprint density at radius 2 is 1.50 bits per heavy atom. The molecule has 26 heavy (non-hydrogen) atoms. The Kier molecular flexibility index (Phi) is 5.58. The van der Waals surface area contributed by atoms with Crippen molar-refractivity contribution in [2.45, 2.75) is 43.9 Å². The zero-order chi connectivity index (χ0) is 17.4. The van der Waals surface area contributed by atoms with Gasteiger partial charge < -0.3 is 16.4 Å². The first kappa shape index (κ1) is 19.2. The van der Waals surface area contributed by atoms with Gasteiger partial charge in [0.15, 0.2) is 0 Å². The highest BCUT2D eigenvalue weighted by molar-refractivity contribution is 5.94. The largest absolute Gasteiger partial charge is 0.346 e. The number of rotatable bonds is 5. The van der Waals surface area contributed by atoms with E-state index < -0.39 is 0 Å². The summed E-state index contributed by atoms with van der Waals surface area (Å²) in [5.41, 5.74) is 7.81. The zero-order valence-electron chi connectivity index (χ0n) is 15.0. The topological polar surface area (TPSA) is 84.2 Å². The van der Waals surface area contributed by atoms with Gasteiger partial charge in [0.25, 0.3) is 0 Å². The molecule has 5 nitrogen and oxygen atoms in total. The van der Waals surface area contributed by atoms with Gasteiger partial charge in [0.2, 0.25) is 11.8 Å². The Hall–Kier alpha value is -1.59. The van der Waals surface area contributed by atoms with Crippen LogP contribution in [0.4, 0.5) is 5.69 Å². The van der Waals surface area contributed by atoms with Gasteiger partial charge >= 0.3 is 0 Å². The van der Waals surface area contributed by atoms with Crippen LogP contribution < -0.4 is 16.4 Å². The molecule has 1 aromatic rings. The quantitative estimate of drug-likeness (QED) is 0.737. The summed E-state index contributed by atoms with van der Waals surface area (Å²) in [6.07, 6.45) is 8.37. The first-order valence-electron chi connectivity index (χ1n) is 9.43. The number of anilines is 1. The average molecular weight is 378 g/mol. The molecule has 4 aliphatic carbocycles. The maximum absolute atomic E-state index is 11.9. The smallest absolute Gasteiger partial charge is 0.243 e. The monoisotopic (exact) mass is 377 g/mol. The molecule has 0 aromatic heterocycles. The van der Waals surface area contributed by atoms with Gasteiger partial charge in [0.1, 0.15) is 0 Å². The minimum absolute atomic E-state index is 0. The summed E-state index contributed by atoms with van der Waals surface area (Å²) in [6, 6.07) is 8.38. The van der Waals surface area contributed by atoms with E-state index in [2.05, 4.69) is 22.8 Å². The van der Waals surface area contributed by atoms with Gasteiger partial charge in [-0.1, -0.05) is 12.1 Å². The number of amides is 2. The van der Waals surface area contributed by atoms with Crippen molar-refractivity contribution in [1.29, 1.82) is 0 Å². The number of nitrogens with two attached hydrogens (primary N) is 1. The third-order valence-corrected chi connectivity index (χ3v) is 6.45. The SMILES string of the molecule is Cl.NCC(=O)NCC(=O)Nc1ccc(C23CC4CC(CC(C4)C2)C3)cc1. The molecule has 0 unspecified atom stereocenters. The third kappa shape index (κ3) is 3.74. The standard InChI is InChI=1S/C20H27N3O2.ClH/c21-11-18(24)22-12-19(25)23-17-3-1-16(2-4-17)20-8-13-5-14(9-20)7-15(6-13)10-20;/h1-4,13-15H,5-12,21H2,(H,22,24)(H,23,25);1H. The Balaban J connectivity index is 0.00000196. The van der Waals surface area contributed by atoms with Crippen molar-refractivity contribution in [2.24, 2.45) is 23.5 Å². The Bertz CT molecular complexity index is 639. The number of carbonyl (C=O) groups excluding carboxylic acids is 2. The molecule has 0 radical (unpaired) electrons. The van der Waals surface area contributed by atoms with Crippen LogP contribution in [-0.2, 0) is 15.0 Å². The van der Waals surface area contributed by atoms with E-state index in [4.69, 9.17) is 5.73 Å². The van der Waals surface area contributed by atoms with E-state index in [1.54, 1.807) is 0 Å². The summed E-state index contributed by atoms with van der Waals surface area (Å²) in [4.78, 5) is 23.0. The summed E-state index contributed by atoms with van der Waals surface area (Å²) in [5, 5.41) is 5.30. The first-order valence-corrected chi connectivity index (χ1v) is 9.43. The number of benzene rings is 1. The fraction of sp³-hybridized carbons (Fsp3) is 0.600. The highest BCUT2D eigenvalue weighted by Crippen LogP contribution is 2.60. The van der Waals surface area contributed by atoms with Crippen LogP contribution in [0.5, 0.6) is 0 Å². The van der Waals surface area contributed by atoms with Crippen LogP contribution in [0.15, 0.2) is 24.3 Å². The molecule has 142 valence electrons. The molecule has 6 heteroatoms. The zero-order valence-corrected chi connectivity index (χ0v) is 15.8. The number of carbonyl (C=O) groups is 2. The molecule has 5 rings (SSSR count). The van der Waals surface area contributed by atoms with Crippen LogP contribution in [0.2, 0.25) is 0 Å². The molecule has 2 amide bonds. The number of hydrogen-bond acceptors (Lipinski definition) is 3. The Morgan fingerprint density at radius 3 is 2.00 bits per heavy atom. The normalized spacial score (nSPS) is 31.2. The molecule has 0 aliphatic heterocycles. The molecular formula is C20H28ClN3O2. The second-order valence-corrected chi connectivity index (χ2v) is 8.30. The molecule has 1 aromatic carbocycles. The van der Waals surface area contributed by atoms with E-state index in [0.29, 0.717) is 5.41 Å². The van der Waals surface area contributed by atoms with E-state index >= 15 is 0 Å². The van der Waals surface area contributed by atoms with Gasteiger partial charge in [-0.3, -0.25) is 9.59 Å². The second-order valence-electron chi connectivity index (χ2n) is 8.30. The van der Waals surface area contributed by atoms with E-state index in [1.165, 1.54) is 44.1 Å². The van der Waals surface area contributed by atoms with Gasteiger partial charge in [-0.15, -0.1) is 12.4 Å². The van der Waals surface area contributed by atoms with E-state index in [1.807, 2.05) is 12.1 Å². The molecule has 0 spiro atoms. The maximum Gasteiger partial charge on any atom is 0.243 e. The van der Waals surface area contributed by atoms with E-state index in [-0.39, 0.29) is 37.3 Å². The minimum atomic E-state index is -0.327. The van der Waals surface area contributed by atoms with Crippen LogP contribution in [0.3, 0.4) is 0 Å². The molecule has 4 aliphatic rings. The van der Waals surface area contributed by atoms with Crippen molar-refractivity contribution >= 4 is 29.9 Å². The van der Waals surface area contributed by atoms with Gasteiger partial charge in [-0.2, -0.15) is 0 Å². The first-order chi connectivity index (χ1) is 12.1. The molecule has 4 fully saturated rings. The van der Waals surface area contributed by atoms with Crippen molar-refractivity contribution in [3.8, 4) is 0 Å². The van der Waals surface area contributed by atoms with Crippen molar-refractivity contribution in [3.63, 3.8) is 0 Å². The van der Waals surface area contributed by atoms with Crippen molar-refractivity contribution in [2.75, 3.05) is 18.4 Å². The molecule has 0 heterocycles. The second kappa shape index (κ2) is 7.57. The maximum atomic E-state index is 11.9. The number of nitrogens with one attached hydrogen (secondary N) is 2. The lowest BCUT2D eigenvalue weighted by Gasteiger charge is -2.57. The van der Waals surface area contributed by atoms with Crippen LogP contribution >= 0.6 is 12.4 Å². The lowest BCUT2D eigenvalue weighted by Crippen LogP contribution is -2.48. The molecule has 4 N–H and O–H groups in total. The predicted molar refractivity (Wildman–Crippen MR) is 104 cm³/mol. The Morgan fingerprint density at radius 1 is 0.962 bits per heavy atom. The average Bonchev–Trinajstić information content (AvgIpc) is 2.59. The molecule has 4 saturated carbocycles. The fourth-order valence-corrected chi connectivity index (χ4v) is 5.83. The summed E-state index contributed by atoms with van der Waals surface area (Å²) < 4.78 is 0. The Labute approximate surface area is 160 Å². The lowest BCUT2D eigenvalue weighted by atomic mass is 9.48. The molecule has 0 saturated heterocycles. The van der Waals surface area contributed by atoms with Crippen LogP contribution in [-0.4, -0.2) is 24.9 Å². The van der Waals surface area contributed by atoms with Crippen molar-refractivity contribution < 1.29 is 9.59 Å². The van der Waals surface area contributed by atoms with Crippen molar-refractivity contribution in [3.05, 3.63) is 29.8 Å². The van der Waals surface area contributed by atoms with Crippen LogP contribution in [0, 0.1) is 17.8 Å². The van der Waals surface area contributed by atoms with Gasteiger partial charge in [0.05, 0.1) is 13.1 Å². The number of hydrogen-bond donors (Lipinski definition) is 3. The summed E-state index contributed by atoms with van der Waals surface area (Å²) in [7, 11) is 0. The van der Waals surface area contributed by atoms with E-state index in [0.717, 1.165) is 23.4 Å². The molecular weight excluding hydrogens is 350 g/mol. The predicted octanol–water partition coefficient (Wildman–Crippen LogP) is 2.59. The fourth-order valence-electron chi connectivity index (χ4n) is 5.83. The van der Waals surface area contributed by atoms with E-state index in [9.17, 15) is 9.59 Å². The van der Waals surface area contributed by atoms with Crippen LogP contribution in [0.25, 0.3) is 0 Å². The van der Waals surface area contributed by atoms with Crippen LogP contribution in [0.1, 0.15) is 44.1 Å². The minimum Gasteiger partial charge on any atom is -0.346 e. The summed E-state index contributed by atoms with van der Waals surface area (Å²) in [6.45, 7) is -0.153. The highest BCUT2D eigenvalue weighted by Gasteiger charge is 2.51. The van der Waals surface area contributed by atoms with Gasteiger partial charge in [-0.25, -0.2) is 0 Å². The van der Waals surface area contributed by atoms with Crippen molar-refractivity contribution in [1.82, 2.24) is 5.32 Å². The number of halogens is 1. The third-order valence-electron chi connectivity index (χ3n) is 6.45. The summed E-state index contributed by atoms with van der Waals surface area (Å²) in [5.74, 6) is 2.22. The molecule has 0 atom stereocenters. The highest BCUT2D eigenvalue weighted by atomic mass is 35.5. The summed E-state index contributed by atoms with van der Waals surface area (Å²) >= 11 is 0.